The fourth-order valence-corrected chi connectivity index (χ4v) is 3.55. The van der Waals surface area contributed by atoms with Crippen molar-refractivity contribution in [3.63, 3.8) is 0 Å². The quantitative estimate of drug-likeness (QED) is 0.500. The third kappa shape index (κ3) is 5.84. The predicted octanol–water partition coefficient (Wildman–Crippen LogP) is 2.68. The number of amides is 1. The summed E-state index contributed by atoms with van der Waals surface area (Å²) >= 11 is 6.25. The number of hydrogen-bond donors (Lipinski definition) is 3. The lowest BCUT2D eigenvalue weighted by molar-refractivity contribution is -0.115. The first-order valence-electron chi connectivity index (χ1n) is 9.80. The molecule has 0 radical (unpaired) electrons. The number of anilines is 2. The second-order valence-corrected chi connectivity index (χ2v) is 7.32. The van der Waals surface area contributed by atoms with E-state index in [1.807, 2.05) is 36.4 Å². The van der Waals surface area contributed by atoms with Crippen LogP contribution in [0.25, 0.3) is 0 Å². The first-order chi connectivity index (χ1) is 14.1. The monoisotopic (exact) mass is 414 g/mol. The molecular weight excluding hydrogens is 388 g/mol. The Balaban J connectivity index is 1.47. The van der Waals surface area contributed by atoms with Gasteiger partial charge in [0.2, 0.25) is 5.91 Å². The minimum Gasteiger partial charge on any atom is -0.353 e. The molecular formula is C21H27ClN6O. The van der Waals surface area contributed by atoms with Crippen LogP contribution in [0.5, 0.6) is 0 Å². The number of pyridine rings is 1. The van der Waals surface area contributed by atoms with Gasteiger partial charge in [0.1, 0.15) is 5.82 Å². The summed E-state index contributed by atoms with van der Waals surface area (Å²) in [6, 6.07) is 11.7. The molecule has 0 aliphatic carbocycles. The van der Waals surface area contributed by atoms with Crippen LogP contribution in [0.4, 0.5) is 11.5 Å². The van der Waals surface area contributed by atoms with Crippen molar-refractivity contribution >= 4 is 35.0 Å². The Labute approximate surface area is 176 Å². The number of nitrogens with one attached hydrogen (secondary N) is 3. The molecule has 29 heavy (non-hydrogen) atoms. The molecule has 0 bridgehead atoms. The van der Waals surface area contributed by atoms with Crippen molar-refractivity contribution in [3.8, 4) is 0 Å². The molecule has 7 nitrogen and oxygen atoms in total. The van der Waals surface area contributed by atoms with Gasteiger partial charge in [0, 0.05) is 38.1 Å². The Hall–Kier alpha value is -2.80. The average Bonchev–Trinajstić information content (AvgIpc) is 3.19. The molecule has 2 aromatic rings. The summed E-state index contributed by atoms with van der Waals surface area (Å²) in [5.41, 5.74) is 1.99. The number of rotatable bonds is 6. The van der Waals surface area contributed by atoms with Crippen LogP contribution in [0, 0.1) is 0 Å². The highest BCUT2D eigenvalue weighted by Gasteiger charge is 2.25. The summed E-state index contributed by atoms with van der Waals surface area (Å²) in [4.78, 5) is 23.0. The summed E-state index contributed by atoms with van der Waals surface area (Å²) in [5.74, 6) is 1.28. The molecule has 3 rings (SSSR count). The second-order valence-electron chi connectivity index (χ2n) is 6.91. The van der Waals surface area contributed by atoms with Crippen molar-refractivity contribution in [3.05, 3.63) is 53.2 Å². The summed E-state index contributed by atoms with van der Waals surface area (Å²) in [5, 5.41) is 10.0. The average molecular weight is 415 g/mol. The largest absolute Gasteiger partial charge is 0.353 e. The molecule has 1 aromatic carbocycles. The lowest BCUT2D eigenvalue weighted by Gasteiger charge is -2.20. The molecule has 8 heteroatoms. The minimum atomic E-state index is -0.116. The van der Waals surface area contributed by atoms with E-state index >= 15 is 0 Å². The Morgan fingerprint density at radius 2 is 2.21 bits per heavy atom. The Bertz CT molecular complexity index is 872. The number of nitrogens with zero attached hydrogens (tertiary/aromatic N) is 3. The molecule has 2 heterocycles. The molecule has 1 aliphatic rings. The highest BCUT2D eigenvalue weighted by Crippen LogP contribution is 2.25. The van der Waals surface area contributed by atoms with E-state index in [-0.39, 0.29) is 18.5 Å². The standard InChI is InChI=1S/C21H27ClN6O/c1-3-15-6-4-7-16(12-15)26-19(29)13-25-21(23-2)27-17-9-11-28(14-17)20-18(22)8-5-10-24-20/h4-8,10,12,17H,3,9,11,13-14H2,1-2H3,(H,26,29)(H2,23,25,27). The van der Waals surface area contributed by atoms with Crippen LogP contribution in [0.3, 0.4) is 0 Å². The topological polar surface area (TPSA) is 81.6 Å². The smallest absolute Gasteiger partial charge is 0.243 e. The van der Waals surface area contributed by atoms with Gasteiger partial charge in [-0.1, -0.05) is 30.7 Å². The molecule has 1 atom stereocenters. The molecule has 0 saturated carbocycles. The zero-order valence-electron chi connectivity index (χ0n) is 16.8. The summed E-state index contributed by atoms with van der Waals surface area (Å²) in [7, 11) is 1.69. The van der Waals surface area contributed by atoms with E-state index in [0.29, 0.717) is 11.0 Å². The van der Waals surface area contributed by atoms with E-state index in [1.54, 1.807) is 13.2 Å². The number of guanidine groups is 1. The second kappa shape index (κ2) is 10.1. The Morgan fingerprint density at radius 1 is 1.34 bits per heavy atom. The molecule has 1 unspecified atom stereocenters. The van der Waals surface area contributed by atoms with E-state index in [0.717, 1.165) is 37.4 Å². The SMILES string of the molecule is CCc1cccc(NC(=O)CNC(=NC)NC2CCN(c3ncccc3Cl)C2)c1. The van der Waals surface area contributed by atoms with Crippen molar-refractivity contribution in [1.29, 1.82) is 0 Å². The van der Waals surface area contributed by atoms with E-state index in [2.05, 4.69) is 37.8 Å². The number of aliphatic imine (C=N–C) groups is 1. The van der Waals surface area contributed by atoms with Crippen LogP contribution in [0.1, 0.15) is 18.9 Å². The predicted molar refractivity (Wildman–Crippen MR) is 119 cm³/mol. The van der Waals surface area contributed by atoms with Crippen molar-refractivity contribution in [2.45, 2.75) is 25.8 Å². The zero-order chi connectivity index (χ0) is 20.6. The normalized spacial score (nSPS) is 16.6. The van der Waals surface area contributed by atoms with Crippen molar-refractivity contribution in [2.75, 3.05) is 36.9 Å². The van der Waals surface area contributed by atoms with Gasteiger partial charge in [-0.3, -0.25) is 9.79 Å². The molecule has 1 saturated heterocycles. The maximum atomic E-state index is 12.3. The highest BCUT2D eigenvalue weighted by molar-refractivity contribution is 6.32. The van der Waals surface area contributed by atoms with Crippen molar-refractivity contribution in [1.82, 2.24) is 15.6 Å². The van der Waals surface area contributed by atoms with E-state index in [9.17, 15) is 4.79 Å². The summed E-state index contributed by atoms with van der Waals surface area (Å²) < 4.78 is 0. The summed E-state index contributed by atoms with van der Waals surface area (Å²) in [6.07, 6.45) is 3.61. The van der Waals surface area contributed by atoms with Gasteiger partial charge < -0.3 is 20.9 Å². The van der Waals surface area contributed by atoms with Crippen LogP contribution in [0.2, 0.25) is 5.02 Å². The number of carbonyl (C=O) groups excluding carboxylic acids is 1. The highest BCUT2D eigenvalue weighted by atomic mass is 35.5. The molecule has 1 fully saturated rings. The maximum absolute atomic E-state index is 12.3. The fraction of sp³-hybridized carbons (Fsp3) is 0.381. The van der Waals surface area contributed by atoms with Gasteiger partial charge in [-0.2, -0.15) is 0 Å². The Morgan fingerprint density at radius 3 is 2.97 bits per heavy atom. The maximum Gasteiger partial charge on any atom is 0.243 e. The lowest BCUT2D eigenvalue weighted by Crippen LogP contribution is -2.46. The molecule has 0 spiro atoms. The van der Waals surface area contributed by atoms with Gasteiger partial charge in [0.25, 0.3) is 0 Å². The number of benzene rings is 1. The molecule has 1 aromatic heterocycles. The van der Waals surface area contributed by atoms with Gasteiger partial charge >= 0.3 is 0 Å². The van der Waals surface area contributed by atoms with E-state index in [1.165, 1.54) is 5.56 Å². The zero-order valence-corrected chi connectivity index (χ0v) is 17.5. The number of halogens is 1. The minimum absolute atomic E-state index is 0.116. The lowest BCUT2D eigenvalue weighted by atomic mass is 10.1. The van der Waals surface area contributed by atoms with Crippen LogP contribution >= 0.6 is 11.6 Å². The van der Waals surface area contributed by atoms with Gasteiger partial charge in [-0.15, -0.1) is 0 Å². The van der Waals surface area contributed by atoms with Crippen LogP contribution in [-0.4, -0.2) is 49.6 Å². The first-order valence-corrected chi connectivity index (χ1v) is 10.2. The number of hydrogen-bond acceptors (Lipinski definition) is 4. The number of carbonyl (C=O) groups is 1. The fourth-order valence-electron chi connectivity index (χ4n) is 3.31. The molecule has 1 amide bonds. The third-order valence-electron chi connectivity index (χ3n) is 4.83. The van der Waals surface area contributed by atoms with E-state index < -0.39 is 0 Å². The van der Waals surface area contributed by atoms with Crippen molar-refractivity contribution < 1.29 is 4.79 Å². The van der Waals surface area contributed by atoms with Crippen LogP contribution in [-0.2, 0) is 11.2 Å². The number of aryl methyl sites for hydroxylation is 1. The molecule has 154 valence electrons. The molecule has 3 N–H and O–H groups in total. The van der Waals surface area contributed by atoms with Gasteiger partial charge in [-0.05, 0) is 42.7 Å². The molecule has 1 aliphatic heterocycles. The third-order valence-corrected chi connectivity index (χ3v) is 5.12. The van der Waals surface area contributed by atoms with Gasteiger partial charge in [0.15, 0.2) is 5.96 Å². The van der Waals surface area contributed by atoms with Crippen LogP contribution < -0.4 is 20.9 Å². The Kier molecular flexibility index (Phi) is 7.30. The summed E-state index contributed by atoms with van der Waals surface area (Å²) in [6.45, 7) is 3.86. The van der Waals surface area contributed by atoms with Crippen LogP contribution in [0.15, 0.2) is 47.6 Å². The van der Waals surface area contributed by atoms with Gasteiger partial charge in [0.05, 0.1) is 11.6 Å². The van der Waals surface area contributed by atoms with E-state index in [4.69, 9.17) is 11.6 Å². The first kappa shape index (κ1) is 20.9. The number of aromatic nitrogens is 1. The van der Waals surface area contributed by atoms with Crippen molar-refractivity contribution in [2.24, 2.45) is 4.99 Å². The van der Waals surface area contributed by atoms with Gasteiger partial charge in [-0.25, -0.2) is 4.98 Å².